The van der Waals surface area contributed by atoms with Gasteiger partial charge in [0.1, 0.15) is 17.0 Å². The minimum Gasteiger partial charge on any atom is -0.494 e. The highest BCUT2D eigenvalue weighted by Gasteiger charge is 2.23. The lowest BCUT2D eigenvalue weighted by Gasteiger charge is -2.28. The van der Waals surface area contributed by atoms with Crippen LogP contribution in [0.1, 0.15) is 10.4 Å². The van der Waals surface area contributed by atoms with Crippen molar-refractivity contribution < 1.29 is 19.2 Å². The van der Waals surface area contributed by atoms with E-state index in [4.69, 9.17) is 9.47 Å². The maximum Gasteiger partial charge on any atom is 0.293 e. The van der Waals surface area contributed by atoms with Gasteiger partial charge in [-0.05, 0) is 24.3 Å². The lowest BCUT2D eigenvalue weighted by atomic mass is 10.1. The summed E-state index contributed by atoms with van der Waals surface area (Å²) in [6, 6.07) is 10.0. The van der Waals surface area contributed by atoms with E-state index >= 15 is 0 Å². The number of carbonyl (C=O) groups is 1. The van der Waals surface area contributed by atoms with Crippen LogP contribution in [0.25, 0.3) is 10.2 Å². The van der Waals surface area contributed by atoms with Gasteiger partial charge >= 0.3 is 0 Å². The van der Waals surface area contributed by atoms with E-state index in [1.165, 1.54) is 17.4 Å². The number of morpholine rings is 1. The maximum atomic E-state index is 12.7. The SMILES string of the molecule is COc1cccc2sc(NC(=O)c3ccc(N4CCOCC4)c([N+](=O)[O-])c3)nc12. The highest BCUT2D eigenvalue weighted by molar-refractivity contribution is 7.22. The van der Waals surface area contributed by atoms with Gasteiger partial charge in [-0.1, -0.05) is 17.4 Å². The number of nitro benzene ring substituents is 1. The monoisotopic (exact) mass is 414 g/mol. The van der Waals surface area contributed by atoms with Crippen molar-refractivity contribution in [2.75, 3.05) is 43.6 Å². The topological polar surface area (TPSA) is 107 Å². The molecule has 0 atom stereocenters. The van der Waals surface area contributed by atoms with Crippen LogP contribution in [0, 0.1) is 10.1 Å². The number of nitrogens with one attached hydrogen (secondary N) is 1. The standard InChI is InChI=1S/C19H18N4O5S/c1-27-15-3-2-4-16-17(15)20-19(29-16)21-18(24)12-5-6-13(14(11-12)23(25)26)22-7-9-28-10-8-22/h2-6,11H,7-10H2,1H3,(H,20,21,24). The van der Waals surface area contributed by atoms with Crippen LogP contribution in [-0.4, -0.2) is 49.2 Å². The third-order valence-electron chi connectivity index (χ3n) is 4.61. The molecule has 29 heavy (non-hydrogen) atoms. The first kappa shape index (κ1) is 19.1. The molecule has 1 aliphatic rings. The van der Waals surface area contributed by atoms with Crippen LogP contribution in [0.4, 0.5) is 16.5 Å². The van der Waals surface area contributed by atoms with E-state index in [0.29, 0.717) is 48.4 Å². The first-order chi connectivity index (χ1) is 14.1. The number of anilines is 2. The number of para-hydroxylation sites is 1. The van der Waals surface area contributed by atoms with Crippen LogP contribution in [0.5, 0.6) is 5.75 Å². The van der Waals surface area contributed by atoms with Crippen molar-refractivity contribution in [2.24, 2.45) is 0 Å². The zero-order chi connectivity index (χ0) is 20.4. The third kappa shape index (κ3) is 3.84. The fraction of sp³-hybridized carbons (Fsp3) is 0.263. The minimum atomic E-state index is -0.468. The molecule has 0 spiro atoms. The van der Waals surface area contributed by atoms with E-state index in [2.05, 4.69) is 10.3 Å². The minimum absolute atomic E-state index is 0.106. The molecular weight excluding hydrogens is 396 g/mol. The van der Waals surface area contributed by atoms with Gasteiger partial charge in [0.15, 0.2) is 5.13 Å². The van der Waals surface area contributed by atoms with Crippen molar-refractivity contribution in [3.05, 3.63) is 52.1 Å². The lowest BCUT2D eigenvalue weighted by molar-refractivity contribution is -0.384. The first-order valence-electron chi connectivity index (χ1n) is 8.93. The lowest BCUT2D eigenvalue weighted by Crippen LogP contribution is -2.36. The van der Waals surface area contributed by atoms with Crippen LogP contribution < -0.4 is 15.0 Å². The third-order valence-corrected chi connectivity index (χ3v) is 5.54. The van der Waals surface area contributed by atoms with Gasteiger partial charge in [-0.15, -0.1) is 0 Å². The van der Waals surface area contributed by atoms with E-state index in [0.717, 1.165) is 4.70 Å². The zero-order valence-corrected chi connectivity index (χ0v) is 16.4. The summed E-state index contributed by atoms with van der Waals surface area (Å²) in [5.74, 6) is 0.157. The van der Waals surface area contributed by atoms with Crippen molar-refractivity contribution in [3.8, 4) is 5.75 Å². The van der Waals surface area contributed by atoms with Gasteiger partial charge in [-0.25, -0.2) is 4.98 Å². The number of amides is 1. The quantitative estimate of drug-likeness (QED) is 0.504. The molecule has 1 saturated heterocycles. The first-order valence-corrected chi connectivity index (χ1v) is 9.74. The average molecular weight is 414 g/mol. The number of hydrogen-bond acceptors (Lipinski definition) is 8. The molecule has 1 aromatic heterocycles. The van der Waals surface area contributed by atoms with Crippen molar-refractivity contribution in [3.63, 3.8) is 0 Å². The molecule has 9 nitrogen and oxygen atoms in total. The number of aromatic nitrogens is 1. The van der Waals surface area contributed by atoms with Crippen LogP contribution >= 0.6 is 11.3 Å². The molecule has 3 aromatic rings. The normalized spacial score (nSPS) is 14.0. The van der Waals surface area contributed by atoms with Crippen LogP contribution in [0.15, 0.2) is 36.4 Å². The number of rotatable bonds is 5. The molecule has 0 bridgehead atoms. The number of ether oxygens (including phenoxy) is 2. The predicted octanol–water partition coefficient (Wildman–Crippen LogP) is 3.30. The number of carbonyl (C=O) groups excluding carboxylic acids is 1. The fourth-order valence-electron chi connectivity index (χ4n) is 3.19. The Morgan fingerprint density at radius 1 is 1.31 bits per heavy atom. The largest absolute Gasteiger partial charge is 0.494 e. The van der Waals surface area contributed by atoms with Gasteiger partial charge in [-0.2, -0.15) is 0 Å². The highest BCUT2D eigenvalue weighted by atomic mass is 32.1. The summed E-state index contributed by atoms with van der Waals surface area (Å²) in [6.07, 6.45) is 0. The Bertz CT molecular complexity index is 1080. The predicted molar refractivity (Wildman–Crippen MR) is 110 cm³/mol. The molecule has 4 rings (SSSR count). The summed E-state index contributed by atoms with van der Waals surface area (Å²) < 4.78 is 11.5. The molecule has 0 aliphatic carbocycles. The second-order valence-corrected chi connectivity index (χ2v) is 7.37. The molecule has 1 N–H and O–H groups in total. The summed E-state index contributed by atoms with van der Waals surface area (Å²) in [7, 11) is 1.56. The molecule has 0 radical (unpaired) electrons. The molecule has 2 heterocycles. The molecule has 0 saturated carbocycles. The number of thiazole rings is 1. The van der Waals surface area contributed by atoms with E-state index in [-0.39, 0.29) is 11.3 Å². The Morgan fingerprint density at radius 3 is 2.83 bits per heavy atom. The number of fused-ring (bicyclic) bond motifs is 1. The van der Waals surface area contributed by atoms with Crippen molar-refractivity contribution in [2.45, 2.75) is 0 Å². The molecule has 10 heteroatoms. The van der Waals surface area contributed by atoms with Gasteiger partial charge in [0.25, 0.3) is 11.6 Å². The maximum absolute atomic E-state index is 12.7. The van der Waals surface area contributed by atoms with E-state index in [1.807, 2.05) is 17.0 Å². The summed E-state index contributed by atoms with van der Waals surface area (Å²) in [6.45, 7) is 2.17. The summed E-state index contributed by atoms with van der Waals surface area (Å²) in [5.41, 5.74) is 1.23. The molecule has 150 valence electrons. The fourth-order valence-corrected chi connectivity index (χ4v) is 4.07. The van der Waals surface area contributed by atoms with Crippen molar-refractivity contribution in [1.29, 1.82) is 0 Å². The van der Waals surface area contributed by atoms with Gasteiger partial charge in [-0.3, -0.25) is 20.2 Å². The Kier molecular flexibility index (Phi) is 5.28. The summed E-state index contributed by atoms with van der Waals surface area (Å²) in [5, 5.41) is 14.7. The molecule has 0 unspecified atom stereocenters. The molecule has 1 fully saturated rings. The van der Waals surface area contributed by atoms with Crippen molar-refractivity contribution >= 4 is 44.0 Å². The Labute approximate surface area is 170 Å². The second-order valence-electron chi connectivity index (χ2n) is 6.34. The second kappa shape index (κ2) is 8.02. The molecule has 2 aromatic carbocycles. The molecular formula is C19H18N4O5S. The molecule has 1 aliphatic heterocycles. The zero-order valence-electron chi connectivity index (χ0n) is 15.6. The molecule has 1 amide bonds. The van der Waals surface area contributed by atoms with Gasteiger partial charge < -0.3 is 14.4 Å². The summed E-state index contributed by atoms with van der Waals surface area (Å²) >= 11 is 1.31. The van der Waals surface area contributed by atoms with Crippen molar-refractivity contribution in [1.82, 2.24) is 4.98 Å². The number of hydrogen-bond donors (Lipinski definition) is 1. The van der Waals surface area contributed by atoms with Crippen LogP contribution in [-0.2, 0) is 4.74 Å². The van der Waals surface area contributed by atoms with Gasteiger partial charge in [0.2, 0.25) is 0 Å². The number of nitrogens with zero attached hydrogens (tertiary/aromatic N) is 3. The smallest absolute Gasteiger partial charge is 0.293 e. The Hall–Kier alpha value is -3.24. The number of benzene rings is 2. The van der Waals surface area contributed by atoms with Gasteiger partial charge in [0.05, 0.1) is 29.9 Å². The van der Waals surface area contributed by atoms with Crippen LogP contribution in [0.3, 0.4) is 0 Å². The average Bonchev–Trinajstić information content (AvgIpc) is 3.16. The Morgan fingerprint density at radius 2 is 2.10 bits per heavy atom. The number of nitro groups is 1. The van der Waals surface area contributed by atoms with Crippen LogP contribution in [0.2, 0.25) is 0 Å². The highest BCUT2D eigenvalue weighted by Crippen LogP contribution is 2.33. The van der Waals surface area contributed by atoms with E-state index in [1.54, 1.807) is 25.3 Å². The van der Waals surface area contributed by atoms with E-state index in [9.17, 15) is 14.9 Å². The summed E-state index contributed by atoms with van der Waals surface area (Å²) in [4.78, 5) is 30.1. The number of methoxy groups -OCH3 is 1. The van der Waals surface area contributed by atoms with Gasteiger partial charge in [0, 0.05) is 24.7 Å². The van der Waals surface area contributed by atoms with E-state index < -0.39 is 10.8 Å². The Balaban J connectivity index is 1.60.